The standard InChI is InChI=1S/C25H20F4N6O4/c1-35-9-17(25(27,28)29)33-22(35)14-6-3-12(7-15(14)26)10-39-18-8-16(24(36)37)32-21(34-18)19-20(13-4-5-13)30-11-31-23(19)38-2/h3,6-9,11,13H,4-5,10H2,1-2H3,(H,36,37). The van der Waals surface area contributed by atoms with E-state index in [0.717, 1.165) is 35.7 Å². The number of imidazole rings is 1. The molecule has 1 aliphatic carbocycles. The Balaban J connectivity index is 1.43. The molecule has 1 N–H and O–H groups in total. The van der Waals surface area contributed by atoms with Gasteiger partial charge in [0, 0.05) is 25.2 Å². The summed E-state index contributed by atoms with van der Waals surface area (Å²) in [5, 5.41) is 9.60. The van der Waals surface area contributed by atoms with Crippen LogP contribution in [0.25, 0.3) is 22.8 Å². The van der Waals surface area contributed by atoms with Crippen molar-refractivity contribution in [3.05, 3.63) is 65.3 Å². The monoisotopic (exact) mass is 544 g/mol. The lowest BCUT2D eigenvalue weighted by molar-refractivity contribution is -0.140. The number of ether oxygens (including phenoxy) is 2. The Bertz CT molecular complexity index is 1570. The lowest BCUT2D eigenvalue weighted by atomic mass is 10.1. The van der Waals surface area contributed by atoms with Crippen LogP contribution in [0.3, 0.4) is 0 Å². The summed E-state index contributed by atoms with van der Waals surface area (Å²) in [5.41, 5.74) is -0.295. The lowest BCUT2D eigenvalue weighted by Crippen LogP contribution is -2.08. The number of aromatic nitrogens is 6. The molecule has 3 heterocycles. The van der Waals surface area contributed by atoms with E-state index >= 15 is 0 Å². The van der Waals surface area contributed by atoms with Crippen molar-refractivity contribution in [3.8, 4) is 34.5 Å². The summed E-state index contributed by atoms with van der Waals surface area (Å²) in [6, 6.07) is 4.96. The lowest BCUT2D eigenvalue weighted by Gasteiger charge is -2.13. The molecular formula is C25H20F4N6O4. The summed E-state index contributed by atoms with van der Waals surface area (Å²) in [6.45, 7) is -0.223. The Labute approximate surface area is 218 Å². The number of carbonyl (C=O) groups is 1. The Kier molecular flexibility index (Phi) is 6.62. The summed E-state index contributed by atoms with van der Waals surface area (Å²) in [4.78, 5) is 32.2. The SMILES string of the molecule is COc1ncnc(C2CC2)c1-c1nc(OCc2ccc(-c3nc(C(F)(F)F)cn3C)c(F)c2)cc(C(=O)O)n1. The zero-order chi connectivity index (χ0) is 27.9. The number of hydrogen-bond donors (Lipinski definition) is 1. The van der Waals surface area contributed by atoms with Gasteiger partial charge in [0.15, 0.2) is 17.2 Å². The number of methoxy groups -OCH3 is 1. The molecule has 3 aromatic heterocycles. The van der Waals surface area contributed by atoms with E-state index in [1.54, 1.807) is 0 Å². The van der Waals surface area contributed by atoms with Gasteiger partial charge in [0.1, 0.15) is 30.1 Å². The van der Waals surface area contributed by atoms with E-state index in [-0.39, 0.29) is 47.2 Å². The first-order chi connectivity index (χ1) is 18.5. The van der Waals surface area contributed by atoms with E-state index in [0.29, 0.717) is 16.8 Å². The molecule has 0 bridgehead atoms. The van der Waals surface area contributed by atoms with Crippen LogP contribution in [-0.2, 0) is 19.8 Å². The molecule has 0 amide bonds. The van der Waals surface area contributed by atoms with Gasteiger partial charge >= 0.3 is 12.1 Å². The molecule has 1 aliphatic rings. The number of carboxylic acid groups (broad SMARTS) is 1. The summed E-state index contributed by atoms with van der Waals surface area (Å²) in [7, 11) is 2.75. The Morgan fingerprint density at radius 3 is 2.54 bits per heavy atom. The minimum absolute atomic E-state index is 0.000953. The van der Waals surface area contributed by atoms with Crippen molar-refractivity contribution in [2.45, 2.75) is 31.5 Å². The van der Waals surface area contributed by atoms with E-state index in [1.807, 2.05) is 0 Å². The third-order valence-electron chi connectivity index (χ3n) is 5.97. The highest BCUT2D eigenvalue weighted by atomic mass is 19.4. The molecule has 0 radical (unpaired) electrons. The number of benzene rings is 1. The van der Waals surface area contributed by atoms with Gasteiger partial charge in [0.05, 0.1) is 18.4 Å². The molecule has 0 atom stereocenters. The summed E-state index contributed by atoms with van der Waals surface area (Å²) in [5.74, 6) is -2.10. The molecule has 0 saturated heterocycles. The summed E-state index contributed by atoms with van der Waals surface area (Å²) >= 11 is 0. The number of aryl methyl sites for hydroxylation is 1. The fourth-order valence-electron chi connectivity index (χ4n) is 3.97. The van der Waals surface area contributed by atoms with Gasteiger partial charge in [-0.25, -0.2) is 29.1 Å². The predicted octanol–water partition coefficient (Wildman–Crippen LogP) is 4.66. The van der Waals surface area contributed by atoms with E-state index in [1.165, 1.54) is 32.6 Å². The maximum absolute atomic E-state index is 14.9. The number of rotatable bonds is 8. The molecule has 0 aliphatic heterocycles. The quantitative estimate of drug-likeness (QED) is 0.316. The fourth-order valence-corrected chi connectivity index (χ4v) is 3.97. The second-order valence-corrected chi connectivity index (χ2v) is 8.80. The first-order valence-electron chi connectivity index (χ1n) is 11.6. The number of halogens is 4. The van der Waals surface area contributed by atoms with E-state index in [2.05, 4.69) is 24.9 Å². The van der Waals surface area contributed by atoms with Crippen LogP contribution in [0.5, 0.6) is 11.8 Å². The van der Waals surface area contributed by atoms with Crippen molar-refractivity contribution in [3.63, 3.8) is 0 Å². The van der Waals surface area contributed by atoms with Crippen molar-refractivity contribution < 1.29 is 36.9 Å². The normalized spacial score (nSPS) is 13.4. The third-order valence-corrected chi connectivity index (χ3v) is 5.97. The number of alkyl halides is 3. The molecule has 1 aromatic carbocycles. The highest BCUT2D eigenvalue weighted by molar-refractivity contribution is 5.86. The molecular weight excluding hydrogens is 524 g/mol. The molecule has 39 heavy (non-hydrogen) atoms. The van der Waals surface area contributed by atoms with Gasteiger partial charge in [0.25, 0.3) is 0 Å². The summed E-state index contributed by atoms with van der Waals surface area (Å²) < 4.78 is 66.0. The Morgan fingerprint density at radius 1 is 1.15 bits per heavy atom. The van der Waals surface area contributed by atoms with Crippen molar-refractivity contribution >= 4 is 5.97 Å². The molecule has 1 saturated carbocycles. The molecule has 10 nitrogen and oxygen atoms in total. The molecule has 14 heteroatoms. The van der Waals surface area contributed by atoms with Crippen LogP contribution in [-0.4, -0.2) is 47.7 Å². The number of nitrogens with zero attached hydrogens (tertiary/aromatic N) is 6. The second-order valence-electron chi connectivity index (χ2n) is 8.80. The van der Waals surface area contributed by atoms with Crippen LogP contribution in [0.1, 0.15) is 46.2 Å². The van der Waals surface area contributed by atoms with E-state index in [9.17, 15) is 27.5 Å². The zero-order valence-corrected chi connectivity index (χ0v) is 20.5. The van der Waals surface area contributed by atoms with Gasteiger partial charge in [-0.1, -0.05) is 6.07 Å². The second kappa shape index (κ2) is 9.93. The van der Waals surface area contributed by atoms with Gasteiger partial charge in [-0.05, 0) is 30.5 Å². The van der Waals surface area contributed by atoms with Gasteiger partial charge in [-0.2, -0.15) is 18.2 Å². The summed E-state index contributed by atoms with van der Waals surface area (Å²) in [6.07, 6.45) is -0.749. The maximum atomic E-state index is 14.9. The van der Waals surface area contributed by atoms with E-state index < -0.39 is 23.7 Å². The van der Waals surface area contributed by atoms with Crippen LogP contribution in [0.4, 0.5) is 17.6 Å². The van der Waals surface area contributed by atoms with Crippen LogP contribution >= 0.6 is 0 Å². The molecule has 202 valence electrons. The number of carboxylic acids is 1. The molecule has 0 unspecified atom stereocenters. The maximum Gasteiger partial charge on any atom is 0.434 e. The van der Waals surface area contributed by atoms with E-state index in [4.69, 9.17) is 9.47 Å². The molecule has 4 aromatic rings. The molecule has 5 rings (SSSR count). The van der Waals surface area contributed by atoms with Crippen LogP contribution < -0.4 is 9.47 Å². The van der Waals surface area contributed by atoms with Crippen molar-refractivity contribution in [2.75, 3.05) is 7.11 Å². The fraction of sp³-hybridized carbons (Fsp3) is 0.280. The van der Waals surface area contributed by atoms with Crippen molar-refractivity contribution in [1.82, 2.24) is 29.5 Å². The number of aromatic carboxylic acids is 1. The first kappa shape index (κ1) is 26.0. The van der Waals surface area contributed by atoms with Crippen LogP contribution in [0.15, 0.2) is 36.8 Å². The number of hydrogen-bond acceptors (Lipinski definition) is 8. The average Bonchev–Trinajstić information content (AvgIpc) is 3.67. The first-order valence-corrected chi connectivity index (χ1v) is 11.6. The van der Waals surface area contributed by atoms with Gasteiger partial charge in [-0.15, -0.1) is 0 Å². The highest BCUT2D eigenvalue weighted by Gasteiger charge is 2.35. The van der Waals surface area contributed by atoms with Gasteiger partial charge in [-0.3, -0.25) is 0 Å². The smallest absolute Gasteiger partial charge is 0.434 e. The van der Waals surface area contributed by atoms with Crippen LogP contribution in [0, 0.1) is 5.82 Å². The van der Waals surface area contributed by atoms with Crippen LogP contribution in [0.2, 0.25) is 0 Å². The van der Waals surface area contributed by atoms with Crippen molar-refractivity contribution in [1.29, 1.82) is 0 Å². The highest BCUT2D eigenvalue weighted by Crippen LogP contribution is 2.45. The Morgan fingerprint density at radius 2 is 1.92 bits per heavy atom. The van der Waals surface area contributed by atoms with Gasteiger partial charge < -0.3 is 19.1 Å². The minimum atomic E-state index is -4.67. The van der Waals surface area contributed by atoms with Crippen molar-refractivity contribution in [2.24, 2.45) is 7.05 Å². The zero-order valence-electron chi connectivity index (χ0n) is 20.5. The minimum Gasteiger partial charge on any atom is -0.480 e. The Hall–Kier alpha value is -4.62. The third kappa shape index (κ3) is 5.35. The molecule has 0 spiro atoms. The topological polar surface area (TPSA) is 125 Å². The largest absolute Gasteiger partial charge is 0.480 e. The predicted molar refractivity (Wildman–Crippen MR) is 126 cm³/mol. The average molecular weight is 544 g/mol. The van der Waals surface area contributed by atoms with Gasteiger partial charge in [0.2, 0.25) is 11.8 Å². The molecule has 1 fully saturated rings.